The summed E-state index contributed by atoms with van der Waals surface area (Å²) in [6, 6.07) is 9.64. The minimum absolute atomic E-state index is 0.00549. The zero-order chi connectivity index (χ0) is 19.2. The molecule has 1 aromatic heterocycles. The number of furan rings is 1. The van der Waals surface area contributed by atoms with E-state index in [1.165, 1.54) is 7.11 Å². The smallest absolute Gasteiger partial charge is 0.248 e. The number of nitrogens with zero attached hydrogens (tertiary/aromatic N) is 1. The molecule has 0 saturated carbocycles. The lowest BCUT2D eigenvalue weighted by molar-refractivity contribution is -0.136. The average Bonchev–Trinajstić information content (AvgIpc) is 3.10. The quantitative estimate of drug-likeness (QED) is 0.808. The molecular weight excluding hydrogens is 344 g/mol. The highest BCUT2D eigenvalue weighted by Crippen LogP contribution is 2.30. The number of amides is 2. The van der Waals surface area contributed by atoms with Crippen LogP contribution in [0.25, 0.3) is 11.3 Å². The first-order chi connectivity index (χ1) is 13.1. The van der Waals surface area contributed by atoms with Gasteiger partial charge in [-0.1, -0.05) is 13.3 Å². The second kappa shape index (κ2) is 8.86. The fraction of sp³-hybridized carbons (Fsp3) is 0.429. The minimum Gasteiger partial charge on any atom is -0.461 e. The van der Waals surface area contributed by atoms with E-state index in [4.69, 9.17) is 9.15 Å². The van der Waals surface area contributed by atoms with Crippen molar-refractivity contribution in [2.75, 3.05) is 25.6 Å². The molecule has 2 amide bonds. The molecule has 2 heterocycles. The normalized spacial score (nSPS) is 13.3. The molecule has 0 atom stereocenters. The van der Waals surface area contributed by atoms with Gasteiger partial charge in [0, 0.05) is 49.9 Å². The molecule has 27 heavy (non-hydrogen) atoms. The van der Waals surface area contributed by atoms with Crippen LogP contribution in [-0.2, 0) is 27.3 Å². The van der Waals surface area contributed by atoms with Gasteiger partial charge in [-0.15, -0.1) is 0 Å². The van der Waals surface area contributed by atoms with E-state index >= 15 is 0 Å². The van der Waals surface area contributed by atoms with E-state index in [2.05, 4.69) is 12.2 Å². The number of carbonyl (C=O) groups excluding carboxylic acids is 2. The van der Waals surface area contributed by atoms with Gasteiger partial charge in [0.05, 0.1) is 0 Å². The van der Waals surface area contributed by atoms with E-state index in [0.29, 0.717) is 25.9 Å². The predicted octanol–water partition coefficient (Wildman–Crippen LogP) is 3.61. The van der Waals surface area contributed by atoms with Gasteiger partial charge in [0.15, 0.2) is 0 Å². The van der Waals surface area contributed by atoms with Crippen molar-refractivity contribution in [3.8, 4) is 11.3 Å². The van der Waals surface area contributed by atoms with Gasteiger partial charge >= 0.3 is 0 Å². The number of rotatable bonds is 7. The summed E-state index contributed by atoms with van der Waals surface area (Å²) in [5.74, 6) is 1.75. The van der Waals surface area contributed by atoms with E-state index in [-0.39, 0.29) is 18.4 Å². The van der Waals surface area contributed by atoms with Crippen LogP contribution in [0.5, 0.6) is 0 Å². The first-order valence-electron chi connectivity index (χ1n) is 9.39. The summed E-state index contributed by atoms with van der Waals surface area (Å²) in [4.78, 5) is 25.6. The van der Waals surface area contributed by atoms with E-state index < -0.39 is 0 Å². The first kappa shape index (κ1) is 19.2. The summed E-state index contributed by atoms with van der Waals surface area (Å²) in [5.41, 5.74) is 2.77. The van der Waals surface area contributed by atoms with Crippen LogP contribution >= 0.6 is 0 Å². The van der Waals surface area contributed by atoms with E-state index in [1.807, 2.05) is 30.3 Å². The Morgan fingerprint density at radius 2 is 2.04 bits per heavy atom. The van der Waals surface area contributed by atoms with Crippen LogP contribution in [-0.4, -0.2) is 37.0 Å². The highest BCUT2D eigenvalue weighted by atomic mass is 16.5. The number of benzene rings is 1. The van der Waals surface area contributed by atoms with Gasteiger partial charge in [-0.05, 0) is 36.8 Å². The van der Waals surface area contributed by atoms with Gasteiger partial charge in [0.2, 0.25) is 11.8 Å². The van der Waals surface area contributed by atoms with Crippen molar-refractivity contribution in [3.63, 3.8) is 0 Å². The summed E-state index contributed by atoms with van der Waals surface area (Å²) in [6.45, 7) is 3.36. The first-order valence-corrected chi connectivity index (χ1v) is 9.39. The van der Waals surface area contributed by atoms with Crippen LogP contribution in [0.4, 0.5) is 5.69 Å². The third-order valence-electron chi connectivity index (χ3n) is 4.70. The fourth-order valence-corrected chi connectivity index (χ4v) is 3.18. The molecule has 0 fully saturated rings. The molecule has 0 aliphatic carbocycles. The Hall–Kier alpha value is -2.60. The molecule has 6 nitrogen and oxygen atoms in total. The summed E-state index contributed by atoms with van der Waals surface area (Å²) < 4.78 is 10.9. The molecule has 6 heteroatoms. The van der Waals surface area contributed by atoms with Crippen LogP contribution in [0.2, 0.25) is 0 Å². The molecule has 0 spiro atoms. The number of anilines is 1. The van der Waals surface area contributed by atoms with Gasteiger partial charge < -0.3 is 19.4 Å². The van der Waals surface area contributed by atoms with Crippen molar-refractivity contribution in [1.29, 1.82) is 0 Å². The molecule has 0 unspecified atom stereocenters. The van der Waals surface area contributed by atoms with Crippen molar-refractivity contribution in [2.45, 2.75) is 39.2 Å². The molecule has 1 aliphatic heterocycles. The lowest BCUT2D eigenvalue weighted by Crippen LogP contribution is -2.37. The second-order valence-electron chi connectivity index (χ2n) is 6.79. The maximum Gasteiger partial charge on any atom is 0.248 e. The summed E-state index contributed by atoms with van der Waals surface area (Å²) in [6.07, 6.45) is 3.15. The standard InChI is InChI=1S/C21H26N2O4/c1-3-4-5-20(24)22-17-8-6-15(7-9-17)19-12-16-13-23(21(25)14-26-2)11-10-18(16)27-19/h6-9,12H,3-5,10-11,13-14H2,1-2H3,(H,22,24). The van der Waals surface area contributed by atoms with Crippen LogP contribution in [0.15, 0.2) is 34.7 Å². The maximum atomic E-state index is 12.0. The summed E-state index contributed by atoms with van der Waals surface area (Å²) in [7, 11) is 1.53. The third kappa shape index (κ3) is 4.77. The molecule has 3 rings (SSSR count). The second-order valence-corrected chi connectivity index (χ2v) is 6.79. The summed E-state index contributed by atoms with van der Waals surface area (Å²) in [5, 5.41) is 2.91. The minimum atomic E-state index is -0.00549. The highest BCUT2D eigenvalue weighted by molar-refractivity contribution is 5.90. The Bertz CT molecular complexity index is 795. The highest BCUT2D eigenvalue weighted by Gasteiger charge is 2.24. The Balaban J connectivity index is 1.66. The van der Waals surface area contributed by atoms with Crippen LogP contribution < -0.4 is 5.32 Å². The fourth-order valence-electron chi connectivity index (χ4n) is 3.18. The molecular formula is C21H26N2O4. The van der Waals surface area contributed by atoms with E-state index in [1.54, 1.807) is 4.90 Å². The van der Waals surface area contributed by atoms with Crippen molar-refractivity contribution < 1.29 is 18.7 Å². The SMILES string of the molecule is CCCCC(=O)Nc1ccc(-c2cc3c(o2)CCN(C(=O)COC)C3)cc1. The maximum absolute atomic E-state index is 12.0. The largest absolute Gasteiger partial charge is 0.461 e. The third-order valence-corrected chi connectivity index (χ3v) is 4.70. The number of hydrogen-bond acceptors (Lipinski definition) is 4. The Kier molecular flexibility index (Phi) is 6.29. The van der Waals surface area contributed by atoms with Crippen LogP contribution in [0.1, 0.15) is 37.5 Å². The van der Waals surface area contributed by atoms with E-state index in [9.17, 15) is 9.59 Å². The number of unbranched alkanes of at least 4 members (excludes halogenated alkanes) is 1. The lowest BCUT2D eigenvalue weighted by atomic mass is 10.1. The van der Waals surface area contributed by atoms with Gasteiger partial charge in [-0.3, -0.25) is 9.59 Å². The van der Waals surface area contributed by atoms with Crippen molar-refractivity contribution in [2.24, 2.45) is 0 Å². The topological polar surface area (TPSA) is 71.8 Å². The Morgan fingerprint density at radius 3 is 2.74 bits per heavy atom. The number of carbonyl (C=O) groups is 2. The molecule has 2 aromatic rings. The average molecular weight is 370 g/mol. The monoisotopic (exact) mass is 370 g/mol. The lowest BCUT2D eigenvalue weighted by Gasteiger charge is -2.25. The number of fused-ring (bicyclic) bond motifs is 1. The zero-order valence-corrected chi connectivity index (χ0v) is 15.9. The molecule has 1 aromatic carbocycles. The summed E-state index contributed by atoms with van der Waals surface area (Å²) >= 11 is 0. The van der Waals surface area contributed by atoms with Crippen LogP contribution in [0.3, 0.4) is 0 Å². The Labute approximate surface area is 159 Å². The predicted molar refractivity (Wildman–Crippen MR) is 103 cm³/mol. The molecule has 0 saturated heterocycles. The number of methoxy groups -OCH3 is 1. The van der Waals surface area contributed by atoms with Gasteiger partial charge in [0.1, 0.15) is 18.1 Å². The molecule has 1 aliphatic rings. The number of nitrogens with one attached hydrogen (secondary N) is 1. The molecule has 144 valence electrons. The van der Waals surface area contributed by atoms with Crippen molar-refractivity contribution in [1.82, 2.24) is 4.90 Å². The van der Waals surface area contributed by atoms with Crippen molar-refractivity contribution >= 4 is 17.5 Å². The molecule has 1 N–H and O–H groups in total. The molecule has 0 radical (unpaired) electrons. The zero-order valence-electron chi connectivity index (χ0n) is 15.9. The van der Waals surface area contributed by atoms with E-state index in [0.717, 1.165) is 41.2 Å². The number of hydrogen-bond donors (Lipinski definition) is 1. The Morgan fingerprint density at radius 1 is 1.26 bits per heavy atom. The van der Waals surface area contributed by atoms with Gasteiger partial charge in [0.25, 0.3) is 0 Å². The van der Waals surface area contributed by atoms with Crippen LogP contribution in [0, 0.1) is 0 Å². The van der Waals surface area contributed by atoms with Crippen molar-refractivity contribution in [3.05, 3.63) is 41.7 Å². The number of ether oxygens (including phenoxy) is 1. The van der Waals surface area contributed by atoms with Gasteiger partial charge in [-0.2, -0.15) is 0 Å². The van der Waals surface area contributed by atoms with Gasteiger partial charge in [-0.25, -0.2) is 0 Å². The molecule has 0 bridgehead atoms.